The van der Waals surface area contributed by atoms with Crippen molar-refractivity contribution < 1.29 is 14.7 Å². The fourth-order valence-electron chi connectivity index (χ4n) is 4.12. The van der Waals surface area contributed by atoms with Gasteiger partial charge in [0, 0.05) is 31.5 Å². The van der Waals surface area contributed by atoms with Gasteiger partial charge in [-0.1, -0.05) is 44.2 Å². The second-order valence-corrected chi connectivity index (χ2v) is 8.56. The molecule has 26 heavy (non-hydrogen) atoms. The van der Waals surface area contributed by atoms with Gasteiger partial charge >= 0.3 is 0 Å². The Balaban J connectivity index is 1.53. The van der Waals surface area contributed by atoms with E-state index in [-0.39, 0.29) is 29.3 Å². The summed E-state index contributed by atoms with van der Waals surface area (Å²) in [6, 6.07) is 10.5. The van der Waals surface area contributed by atoms with Crippen LogP contribution in [0.5, 0.6) is 0 Å². The Morgan fingerprint density at radius 1 is 1.15 bits per heavy atom. The van der Waals surface area contributed by atoms with Crippen molar-refractivity contribution >= 4 is 11.7 Å². The van der Waals surface area contributed by atoms with Gasteiger partial charge in [0.05, 0.1) is 6.42 Å². The number of rotatable bonds is 4. The van der Waals surface area contributed by atoms with Crippen molar-refractivity contribution in [2.24, 2.45) is 11.3 Å². The molecule has 0 atom stereocenters. The summed E-state index contributed by atoms with van der Waals surface area (Å²) in [6.07, 6.45) is 3.96. The van der Waals surface area contributed by atoms with Crippen molar-refractivity contribution in [1.29, 1.82) is 0 Å². The summed E-state index contributed by atoms with van der Waals surface area (Å²) in [5.74, 6) is 0.605. The number of hydrogen-bond donors (Lipinski definition) is 1. The minimum Gasteiger partial charge on any atom is -0.512 e. The number of hydrogen-bond acceptors (Lipinski definition) is 3. The average Bonchev–Trinajstić information content (AvgIpc) is 2.59. The summed E-state index contributed by atoms with van der Waals surface area (Å²) in [5, 5.41) is 10.2. The van der Waals surface area contributed by atoms with Gasteiger partial charge in [0.2, 0.25) is 5.91 Å². The quantitative estimate of drug-likeness (QED) is 0.886. The molecule has 1 heterocycles. The predicted molar refractivity (Wildman–Crippen MR) is 102 cm³/mol. The average molecular weight is 355 g/mol. The van der Waals surface area contributed by atoms with E-state index >= 15 is 0 Å². The lowest BCUT2D eigenvalue weighted by Gasteiger charge is -2.33. The number of allylic oxidation sites excluding steroid dienone is 1. The number of Topliss-reactive ketones (excluding diaryl/α,β-unsaturated/α-hetero) is 1. The first-order valence-electron chi connectivity index (χ1n) is 9.60. The van der Waals surface area contributed by atoms with Crippen LogP contribution in [0.4, 0.5) is 0 Å². The molecule has 1 N–H and O–H groups in total. The summed E-state index contributed by atoms with van der Waals surface area (Å²) in [5.41, 5.74) is 1.47. The van der Waals surface area contributed by atoms with Gasteiger partial charge in [0.15, 0.2) is 5.78 Å². The van der Waals surface area contributed by atoms with Crippen molar-refractivity contribution in [3.8, 4) is 0 Å². The molecule has 0 unspecified atom stereocenters. The molecule has 1 fully saturated rings. The maximum Gasteiger partial charge on any atom is 0.227 e. The molecule has 1 amide bonds. The minimum atomic E-state index is -0.219. The molecule has 2 aliphatic rings. The molecule has 140 valence electrons. The first-order chi connectivity index (χ1) is 12.3. The number of ketones is 1. The van der Waals surface area contributed by atoms with Crippen LogP contribution in [0.1, 0.15) is 51.5 Å². The van der Waals surface area contributed by atoms with E-state index in [1.54, 1.807) is 0 Å². The van der Waals surface area contributed by atoms with Gasteiger partial charge in [-0.3, -0.25) is 9.59 Å². The van der Waals surface area contributed by atoms with Gasteiger partial charge in [-0.15, -0.1) is 0 Å². The van der Waals surface area contributed by atoms with E-state index in [9.17, 15) is 14.7 Å². The SMILES string of the molecule is CC1(C)CC(=O)C(CC(=O)N2CCC(Cc3ccccc3)CC2)=C(O)C1. The number of aliphatic hydroxyl groups is 1. The molecule has 0 spiro atoms. The fourth-order valence-corrected chi connectivity index (χ4v) is 4.12. The van der Waals surface area contributed by atoms with Crippen LogP contribution in [0.2, 0.25) is 0 Å². The fraction of sp³-hybridized carbons (Fsp3) is 0.545. The minimum absolute atomic E-state index is 0.0298. The topological polar surface area (TPSA) is 57.6 Å². The van der Waals surface area contributed by atoms with Gasteiger partial charge in [-0.25, -0.2) is 0 Å². The Bertz CT molecular complexity index is 697. The number of piperidine rings is 1. The Labute approximate surface area is 155 Å². The highest BCUT2D eigenvalue weighted by Crippen LogP contribution is 2.37. The highest BCUT2D eigenvalue weighted by molar-refractivity contribution is 6.01. The zero-order valence-corrected chi connectivity index (χ0v) is 15.8. The molecular weight excluding hydrogens is 326 g/mol. The lowest BCUT2D eigenvalue weighted by atomic mass is 9.76. The number of nitrogens with zero attached hydrogens (tertiary/aromatic N) is 1. The predicted octanol–water partition coefficient (Wildman–Crippen LogP) is 4.06. The number of carbonyl (C=O) groups excluding carboxylic acids is 2. The monoisotopic (exact) mass is 355 g/mol. The molecule has 1 aromatic rings. The van der Waals surface area contributed by atoms with E-state index in [1.165, 1.54) is 5.56 Å². The molecule has 4 nitrogen and oxygen atoms in total. The molecule has 0 radical (unpaired) electrons. The van der Waals surface area contributed by atoms with Crippen LogP contribution in [0, 0.1) is 11.3 Å². The number of likely N-dealkylation sites (tertiary alicyclic amines) is 1. The van der Waals surface area contributed by atoms with E-state index in [2.05, 4.69) is 24.3 Å². The van der Waals surface area contributed by atoms with Crippen molar-refractivity contribution in [3.05, 3.63) is 47.2 Å². The number of amides is 1. The number of carbonyl (C=O) groups is 2. The van der Waals surface area contributed by atoms with Crippen molar-refractivity contribution in [2.75, 3.05) is 13.1 Å². The molecule has 0 saturated carbocycles. The first-order valence-corrected chi connectivity index (χ1v) is 9.60. The van der Waals surface area contributed by atoms with Gasteiger partial charge in [-0.05, 0) is 36.2 Å². The molecule has 1 saturated heterocycles. The van der Waals surface area contributed by atoms with Gasteiger partial charge in [-0.2, -0.15) is 0 Å². The van der Waals surface area contributed by atoms with E-state index in [0.717, 1.165) is 32.4 Å². The summed E-state index contributed by atoms with van der Waals surface area (Å²) in [4.78, 5) is 26.8. The smallest absolute Gasteiger partial charge is 0.227 e. The standard InChI is InChI=1S/C22H29NO3/c1-22(2)14-19(24)18(20(25)15-22)13-21(26)23-10-8-17(9-11-23)12-16-6-4-3-5-7-16/h3-7,17,24H,8-15H2,1-2H3. The Morgan fingerprint density at radius 2 is 1.81 bits per heavy atom. The largest absolute Gasteiger partial charge is 0.512 e. The second kappa shape index (κ2) is 7.65. The lowest BCUT2D eigenvalue weighted by molar-refractivity contribution is -0.133. The maximum absolute atomic E-state index is 12.6. The molecule has 0 aromatic heterocycles. The molecule has 0 bridgehead atoms. The molecule has 1 aromatic carbocycles. The third-order valence-corrected chi connectivity index (χ3v) is 5.63. The Hall–Kier alpha value is -2.10. The van der Waals surface area contributed by atoms with Gasteiger partial charge in [0.25, 0.3) is 0 Å². The van der Waals surface area contributed by atoms with Crippen LogP contribution in [-0.4, -0.2) is 34.8 Å². The molecule has 3 rings (SSSR count). The van der Waals surface area contributed by atoms with Gasteiger partial charge < -0.3 is 10.0 Å². The Morgan fingerprint density at radius 3 is 2.42 bits per heavy atom. The highest BCUT2D eigenvalue weighted by Gasteiger charge is 2.34. The van der Waals surface area contributed by atoms with Crippen molar-refractivity contribution in [1.82, 2.24) is 4.90 Å². The zero-order valence-electron chi connectivity index (χ0n) is 15.8. The van der Waals surface area contributed by atoms with E-state index in [0.29, 0.717) is 24.3 Å². The van der Waals surface area contributed by atoms with Crippen molar-refractivity contribution in [3.63, 3.8) is 0 Å². The van der Waals surface area contributed by atoms with Crippen LogP contribution in [0.25, 0.3) is 0 Å². The lowest BCUT2D eigenvalue weighted by Crippen LogP contribution is -2.40. The maximum atomic E-state index is 12.6. The summed E-state index contributed by atoms with van der Waals surface area (Å²) in [7, 11) is 0. The summed E-state index contributed by atoms with van der Waals surface area (Å²) < 4.78 is 0. The second-order valence-electron chi connectivity index (χ2n) is 8.56. The van der Waals surface area contributed by atoms with Gasteiger partial charge in [0.1, 0.15) is 5.76 Å². The number of aliphatic hydroxyl groups excluding tert-OH is 1. The van der Waals surface area contributed by atoms with E-state index in [4.69, 9.17) is 0 Å². The first kappa shape index (κ1) is 18.7. The third-order valence-electron chi connectivity index (χ3n) is 5.63. The summed E-state index contributed by atoms with van der Waals surface area (Å²) in [6.45, 7) is 5.42. The van der Waals surface area contributed by atoms with E-state index in [1.807, 2.05) is 24.8 Å². The normalized spacial score (nSPS) is 21.2. The van der Waals surface area contributed by atoms with Crippen LogP contribution >= 0.6 is 0 Å². The van der Waals surface area contributed by atoms with Crippen LogP contribution in [0.3, 0.4) is 0 Å². The van der Waals surface area contributed by atoms with Crippen LogP contribution < -0.4 is 0 Å². The van der Waals surface area contributed by atoms with Crippen LogP contribution in [-0.2, 0) is 16.0 Å². The molecule has 1 aliphatic heterocycles. The molecule has 1 aliphatic carbocycles. The highest BCUT2D eigenvalue weighted by atomic mass is 16.3. The third kappa shape index (κ3) is 4.54. The van der Waals surface area contributed by atoms with E-state index < -0.39 is 0 Å². The number of benzene rings is 1. The summed E-state index contributed by atoms with van der Waals surface area (Å²) >= 11 is 0. The zero-order chi connectivity index (χ0) is 18.7. The van der Waals surface area contributed by atoms with Crippen LogP contribution in [0.15, 0.2) is 41.7 Å². The molecule has 4 heteroatoms. The Kier molecular flexibility index (Phi) is 5.49. The van der Waals surface area contributed by atoms with Crippen molar-refractivity contribution in [2.45, 2.75) is 52.4 Å². The molecular formula is C22H29NO3.